The lowest BCUT2D eigenvalue weighted by atomic mass is 10.2. The molecule has 92 valence electrons. The van der Waals surface area contributed by atoms with E-state index >= 15 is 0 Å². The molecule has 0 fully saturated rings. The molecule has 1 heterocycles. The van der Waals surface area contributed by atoms with Crippen molar-refractivity contribution in [1.29, 1.82) is 0 Å². The van der Waals surface area contributed by atoms with Gasteiger partial charge in [0.05, 0.1) is 19.9 Å². The highest BCUT2D eigenvalue weighted by molar-refractivity contribution is 14.1. The van der Waals surface area contributed by atoms with E-state index in [0.717, 1.165) is 6.07 Å². The first-order chi connectivity index (χ1) is 7.81. The van der Waals surface area contributed by atoms with Gasteiger partial charge in [0.15, 0.2) is 9.84 Å². The van der Waals surface area contributed by atoms with Gasteiger partial charge < -0.3 is 5.32 Å². The highest BCUT2D eigenvalue weighted by atomic mass is 127. The number of anilines is 1. The standard InChI is InChI=1S/C10H9FINO3S/c1-5-4-17(15,16)9-2-6(11)7(12)3-8(9)13-10(5)14/h2-3,5H,4H2,1H3,(H,13,14). The fraction of sp³-hybridized carbons (Fsp3) is 0.300. The normalized spacial score (nSPS) is 22.5. The van der Waals surface area contributed by atoms with Gasteiger partial charge in [-0.2, -0.15) is 0 Å². The Morgan fingerprint density at radius 3 is 2.76 bits per heavy atom. The van der Waals surface area contributed by atoms with Crippen LogP contribution in [0.3, 0.4) is 0 Å². The molecule has 0 radical (unpaired) electrons. The second kappa shape index (κ2) is 4.20. The van der Waals surface area contributed by atoms with Crippen molar-refractivity contribution in [3.05, 3.63) is 21.5 Å². The lowest BCUT2D eigenvalue weighted by molar-refractivity contribution is -0.118. The Bertz CT molecular complexity index is 600. The van der Waals surface area contributed by atoms with Gasteiger partial charge >= 0.3 is 0 Å². The summed E-state index contributed by atoms with van der Waals surface area (Å²) in [6.07, 6.45) is 0. The van der Waals surface area contributed by atoms with Crippen LogP contribution in [0.5, 0.6) is 0 Å². The lowest BCUT2D eigenvalue weighted by Gasteiger charge is -2.07. The maximum atomic E-state index is 13.4. The molecule has 1 N–H and O–H groups in total. The summed E-state index contributed by atoms with van der Waals surface area (Å²) in [7, 11) is -3.63. The Labute approximate surface area is 112 Å². The molecule has 1 atom stereocenters. The lowest BCUT2D eigenvalue weighted by Crippen LogP contribution is -2.22. The third kappa shape index (κ3) is 2.30. The minimum atomic E-state index is -3.63. The molecule has 0 bridgehead atoms. The number of rotatable bonds is 0. The van der Waals surface area contributed by atoms with Crippen LogP contribution in [0.1, 0.15) is 6.92 Å². The van der Waals surface area contributed by atoms with E-state index in [1.54, 1.807) is 22.6 Å². The molecule has 17 heavy (non-hydrogen) atoms. The Hall–Kier alpha value is -0.700. The number of benzene rings is 1. The van der Waals surface area contributed by atoms with Crippen LogP contribution >= 0.6 is 22.6 Å². The maximum absolute atomic E-state index is 13.4. The second-order valence-electron chi connectivity index (χ2n) is 3.93. The van der Waals surface area contributed by atoms with Crippen LogP contribution in [0.15, 0.2) is 17.0 Å². The number of carbonyl (C=O) groups is 1. The fourth-order valence-corrected chi connectivity index (χ4v) is 3.82. The second-order valence-corrected chi connectivity index (χ2v) is 7.10. The Morgan fingerprint density at radius 1 is 1.47 bits per heavy atom. The van der Waals surface area contributed by atoms with E-state index in [2.05, 4.69) is 5.32 Å². The first kappa shape index (κ1) is 12.7. The molecule has 4 nitrogen and oxygen atoms in total. The molecule has 0 aliphatic carbocycles. The SMILES string of the molecule is CC1CS(=O)(=O)c2cc(F)c(I)cc2NC1=O. The molecule has 0 saturated carbocycles. The van der Waals surface area contributed by atoms with Gasteiger partial charge in [0.25, 0.3) is 0 Å². The monoisotopic (exact) mass is 369 g/mol. The largest absolute Gasteiger partial charge is 0.325 e. The first-order valence-electron chi connectivity index (χ1n) is 4.84. The average Bonchev–Trinajstić information content (AvgIpc) is 2.28. The summed E-state index contributed by atoms with van der Waals surface area (Å²) in [4.78, 5) is 11.4. The predicted octanol–water partition coefficient (Wildman–Crippen LogP) is 1.79. The van der Waals surface area contributed by atoms with Gasteiger partial charge in [-0.1, -0.05) is 6.92 Å². The van der Waals surface area contributed by atoms with Crippen LogP contribution in [-0.4, -0.2) is 20.1 Å². The molecular weight excluding hydrogens is 360 g/mol. The molecule has 1 aliphatic rings. The summed E-state index contributed by atoms with van der Waals surface area (Å²) in [5.41, 5.74) is 0.158. The van der Waals surface area contributed by atoms with Crippen LogP contribution in [0, 0.1) is 15.3 Å². The molecule has 0 saturated heterocycles. The van der Waals surface area contributed by atoms with Crippen molar-refractivity contribution in [2.75, 3.05) is 11.1 Å². The summed E-state index contributed by atoms with van der Waals surface area (Å²) < 4.78 is 37.6. The molecule has 0 spiro atoms. The Balaban J connectivity index is 2.70. The maximum Gasteiger partial charge on any atom is 0.228 e. The van der Waals surface area contributed by atoms with Gasteiger partial charge in [0, 0.05) is 5.92 Å². The smallest absolute Gasteiger partial charge is 0.228 e. The van der Waals surface area contributed by atoms with Gasteiger partial charge in [-0.3, -0.25) is 4.79 Å². The zero-order valence-corrected chi connectivity index (χ0v) is 11.8. The summed E-state index contributed by atoms with van der Waals surface area (Å²) >= 11 is 1.75. The van der Waals surface area contributed by atoms with Crippen molar-refractivity contribution in [3.63, 3.8) is 0 Å². The number of nitrogens with one attached hydrogen (secondary N) is 1. The van der Waals surface area contributed by atoms with Gasteiger partial charge in [-0.15, -0.1) is 0 Å². The number of sulfone groups is 1. The minimum Gasteiger partial charge on any atom is -0.325 e. The number of fused-ring (bicyclic) bond motifs is 1. The van der Waals surface area contributed by atoms with Crippen molar-refractivity contribution in [1.82, 2.24) is 0 Å². The van der Waals surface area contributed by atoms with Crippen molar-refractivity contribution < 1.29 is 17.6 Å². The number of amides is 1. The number of carbonyl (C=O) groups excluding carboxylic acids is 1. The number of hydrogen-bond acceptors (Lipinski definition) is 3. The van der Waals surface area contributed by atoms with E-state index in [9.17, 15) is 17.6 Å². The molecule has 1 aromatic carbocycles. The quantitative estimate of drug-likeness (QED) is 0.710. The van der Waals surface area contributed by atoms with E-state index in [1.165, 1.54) is 13.0 Å². The van der Waals surface area contributed by atoms with Gasteiger partial charge in [0.2, 0.25) is 5.91 Å². The van der Waals surface area contributed by atoms with E-state index in [0.29, 0.717) is 0 Å². The van der Waals surface area contributed by atoms with E-state index < -0.39 is 21.6 Å². The topological polar surface area (TPSA) is 63.2 Å². The molecule has 0 aromatic heterocycles. The average molecular weight is 369 g/mol. The highest BCUT2D eigenvalue weighted by Gasteiger charge is 2.31. The summed E-state index contributed by atoms with van der Waals surface area (Å²) in [5, 5.41) is 2.51. The molecule has 7 heteroatoms. The van der Waals surface area contributed by atoms with Crippen LogP contribution in [0.4, 0.5) is 10.1 Å². The fourth-order valence-electron chi connectivity index (χ4n) is 1.63. The zero-order chi connectivity index (χ0) is 12.8. The predicted molar refractivity (Wildman–Crippen MR) is 69.0 cm³/mol. The van der Waals surface area contributed by atoms with Crippen LogP contribution in [0.2, 0.25) is 0 Å². The van der Waals surface area contributed by atoms with Crippen molar-refractivity contribution in [2.45, 2.75) is 11.8 Å². The Morgan fingerprint density at radius 2 is 2.12 bits per heavy atom. The van der Waals surface area contributed by atoms with Crippen molar-refractivity contribution >= 4 is 44.0 Å². The summed E-state index contributed by atoms with van der Waals surface area (Å²) in [5.74, 6) is -1.91. The third-order valence-corrected chi connectivity index (χ3v) is 5.31. The van der Waals surface area contributed by atoms with Crippen molar-refractivity contribution in [3.8, 4) is 0 Å². The van der Waals surface area contributed by atoms with Crippen molar-refractivity contribution in [2.24, 2.45) is 5.92 Å². The van der Waals surface area contributed by atoms with Crippen LogP contribution < -0.4 is 5.32 Å². The Kier molecular flexibility index (Phi) is 3.15. The molecule has 2 rings (SSSR count). The van der Waals surface area contributed by atoms with E-state index in [4.69, 9.17) is 0 Å². The van der Waals surface area contributed by atoms with E-state index in [1.807, 2.05) is 0 Å². The zero-order valence-electron chi connectivity index (χ0n) is 8.83. The number of halogens is 2. The van der Waals surface area contributed by atoms with E-state index in [-0.39, 0.29) is 25.8 Å². The van der Waals surface area contributed by atoms with Crippen LogP contribution in [-0.2, 0) is 14.6 Å². The molecular formula is C10H9FINO3S. The summed E-state index contributed by atoms with van der Waals surface area (Å²) in [6.45, 7) is 1.53. The molecule has 1 aliphatic heterocycles. The van der Waals surface area contributed by atoms with Gasteiger partial charge in [0.1, 0.15) is 5.82 Å². The molecule has 1 amide bonds. The van der Waals surface area contributed by atoms with Crippen LogP contribution in [0.25, 0.3) is 0 Å². The molecule has 1 unspecified atom stereocenters. The molecule has 1 aromatic rings. The van der Waals surface area contributed by atoms with Gasteiger partial charge in [-0.25, -0.2) is 12.8 Å². The first-order valence-corrected chi connectivity index (χ1v) is 7.57. The third-order valence-electron chi connectivity index (χ3n) is 2.53. The highest BCUT2D eigenvalue weighted by Crippen LogP contribution is 2.30. The summed E-state index contributed by atoms with van der Waals surface area (Å²) in [6, 6.07) is 2.30. The van der Waals surface area contributed by atoms with Gasteiger partial charge in [-0.05, 0) is 34.7 Å². The minimum absolute atomic E-state index is 0.145. The number of hydrogen-bond donors (Lipinski definition) is 1.